The molecule has 2 heterocycles. The molecule has 1 aliphatic rings. The molecule has 0 amide bonds. The van der Waals surface area contributed by atoms with Gasteiger partial charge in [0.1, 0.15) is 0 Å². The molecular formula is C9H14N2OS2. The van der Waals surface area contributed by atoms with Crippen molar-refractivity contribution in [3.63, 3.8) is 0 Å². The Morgan fingerprint density at radius 2 is 2.21 bits per heavy atom. The number of hydrogen-bond acceptors (Lipinski definition) is 5. The number of morpholine rings is 1. The van der Waals surface area contributed by atoms with Crippen molar-refractivity contribution >= 4 is 29.1 Å². The van der Waals surface area contributed by atoms with Gasteiger partial charge in [-0.05, 0) is 6.92 Å². The molecule has 14 heavy (non-hydrogen) atoms. The second-order valence-corrected chi connectivity index (χ2v) is 4.64. The summed E-state index contributed by atoms with van der Waals surface area (Å²) in [4.78, 5) is 8.10. The Morgan fingerprint density at radius 1 is 1.50 bits per heavy atom. The summed E-state index contributed by atoms with van der Waals surface area (Å²) in [6.07, 6.45) is 0. The van der Waals surface area contributed by atoms with Crippen LogP contribution in [-0.2, 0) is 10.5 Å². The minimum atomic E-state index is 0.786. The van der Waals surface area contributed by atoms with E-state index in [9.17, 15) is 0 Å². The minimum absolute atomic E-state index is 0.786. The summed E-state index contributed by atoms with van der Waals surface area (Å²) in [5.74, 6) is 0.786. The van der Waals surface area contributed by atoms with Gasteiger partial charge in [-0.2, -0.15) is 12.6 Å². The van der Waals surface area contributed by atoms with E-state index in [0.29, 0.717) is 0 Å². The predicted molar refractivity (Wildman–Crippen MR) is 62.6 cm³/mol. The highest BCUT2D eigenvalue weighted by Crippen LogP contribution is 2.27. The Balaban J connectivity index is 2.14. The van der Waals surface area contributed by atoms with Crippen LogP contribution in [0.4, 0.5) is 5.13 Å². The van der Waals surface area contributed by atoms with E-state index in [1.807, 2.05) is 6.92 Å². The summed E-state index contributed by atoms with van der Waals surface area (Å²) < 4.78 is 5.30. The van der Waals surface area contributed by atoms with E-state index >= 15 is 0 Å². The van der Waals surface area contributed by atoms with Gasteiger partial charge < -0.3 is 9.64 Å². The van der Waals surface area contributed by atoms with Crippen molar-refractivity contribution in [2.75, 3.05) is 31.2 Å². The largest absolute Gasteiger partial charge is 0.378 e. The van der Waals surface area contributed by atoms with Gasteiger partial charge in [-0.1, -0.05) is 0 Å². The smallest absolute Gasteiger partial charge is 0.185 e. The number of hydrogen-bond donors (Lipinski definition) is 1. The van der Waals surface area contributed by atoms with Crippen molar-refractivity contribution < 1.29 is 4.74 Å². The Bertz CT molecular complexity index is 308. The van der Waals surface area contributed by atoms with E-state index in [-0.39, 0.29) is 0 Å². The fourth-order valence-corrected chi connectivity index (χ4v) is 2.84. The van der Waals surface area contributed by atoms with E-state index in [1.54, 1.807) is 11.3 Å². The first-order valence-corrected chi connectivity index (χ1v) is 6.16. The number of thiazole rings is 1. The zero-order chi connectivity index (χ0) is 9.97. The van der Waals surface area contributed by atoms with Gasteiger partial charge in [-0.15, -0.1) is 11.3 Å². The third kappa shape index (κ3) is 2.04. The molecule has 1 aromatic rings. The van der Waals surface area contributed by atoms with Crippen molar-refractivity contribution in [1.82, 2.24) is 4.98 Å². The Kier molecular flexibility index (Phi) is 3.30. The van der Waals surface area contributed by atoms with E-state index in [4.69, 9.17) is 4.74 Å². The first-order chi connectivity index (χ1) is 6.81. The molecule has 0 saturated carbocycles. The highest BCUT2D eigenvalue weighted by molar-refractivity contribution is 7.79. The molecule has 0 bridgehead atoms. The second kappa shape index (κ2) is 4.51. The molecule has 2 rings (SSSR count). The van der Waals surface area contributed by atoms with Gasteiger partial charge in [-0.3, -0.25) is 0 Å². The van der Waals surface area contributed by atoms with E-state index in [0.717, 1.165) is 42.9 Å². The molecule has 0 atom stereocenters. The van der Waals surface area contributed by atoms with Crippen LogP contribution in [-0.4, -0.2) is 31.3 Å². The third-order valence-corrected chi connectivity index (χ3v) is 4.05. The third-order valence-electron chi connectivity index (χ3n) is 2.31. The molecule has 1 aliphatic heterocycles. The number of nitrogens with zero attached hydrogens (tertiary/aromatic N) is 2. The minimum Gasteiger partial charge on any atom is -0.378 e. The van der Waals surface area contributed by atoms with Crippen LogP contribution in [0, 0.1) is 6.92 Å². The van der Waals surface area contributed by atoms with Crippen molar-refractivity contribution in [1.29, 1.82) is 0 Å². The van der Waals surface area contributed by atoms with Gasteiger partial charge in [0.05, 0.1) is 18.9 Å². The first kappa shape index (κ1) is 10.3. The monoisotopic (exact) mass is 230 g/mol. The molecule has 5 heteroatoms. The van der Waals surface area contributed by atoms with Crippen LogP contribution in [0.3, 0.4) is 0 Å². The molecule has 0 unspecified atom stereocenters. The number of ether oxygens (including phenoxy) is 1. The van der Waals surface area contributed by atoms with Crippen molar-refractivity contribution in [2.24, 2.45) is 0 Å². The molecule has 1 aromatic heterocycles. The quantitative estimate of drug-likeness (QED) is 0.783. The highest BCUT2D eigenvalue weighted by atomic mass is 32.1. The summed E-state index contributed by atoms with van der Waals surface area (Å²) in [6, 6.07) is 0. The van der Waals surface area contributed by atoms with Gasteiger partial charge in [0.25, 0.3) is 0 Å². The van der Waals surface area contributed by atoms with E-state index in [1.165, 1.54) is 4.88 Å². The molecule has 1 saturated heterocycles. The van der Waals surface area contributed by atoms with Crippen molar-refractivity contribution in [3.05, 3.63) is 10.6 Å². The predicted octanol–water partition coefficient (Wildman–Crippen LogP) is 1.72. The Morgan fingerprint density at radius 3 is 2.79 bits per heavy atom. The van der Waals surface area contributed by atoms with E-state index < -0.39 is 0 Å². The summed E-state index contributed by atoms with van der Waals surface area (Å²) in [5, 5.41) is 1.12. The number of anilines is 1. The van der Waals surface area contributed by atoms with Gasteiger partial charge in [0, 0.05) is 23.7 Å². The number of aromatic nitrogens is 1. The second-order valence-electron chi connectivity index (χ2n) is 3.26. The lowest BCUT2D eigenvalue weighted by molar-refractivity contribution is 0.122. The van der Waals surface area contributed by atoms with E-state index in [2.05, 4.69) is 22.5 Å². The summed E-state index contributed by atoms with van der Waals surface area (Å²) in [7, 11) is 0. The zero-order valence-corrected chi connectivity index (χ0v) is 9.90. The Hall–Kier alpha value is -0.260. The molecular weight excluding hydrogens is 216 g/mol. The van der Waals surface area contributed by atoms with Crippen LogP contribution in [0.15, 0.2) is 0 Å². The van der Waals surface area contributed by atoms with Crippen LogP contribution < -0.4 is 4.90 Å². The lowest BCUT2D eigenvalue weighted by Gasteiger charge is -2.26. The fraction of sp³-hybridized carbons (Fsp3) is 0.667. The normalized spacial score (nSPS) is 17.4. The van der Waals surface area contributed by atoms with Crippen LogP contribution in [0.5, 0.6) is 0 Å². The number of aryl methyl sites for hydroxylation is 1. The SMILES string of the molecule is Cc1nc(N2CCOCC2)sc1CS. The highest BCUT2D eigenvalue weighted by Gasteiger charge is 2.15. The van der Waals surface area contributed by atoms with Crippen molar-refractivity contribution in [3.8, 4) is 0 Å². The lowest BCUT2D eigenvalue weighted by Crippen LogP contribution is -2.36. The van der Waals surface area contributed by atoms with Crippen LogP contribution in [0.1, 0.15) is 10.6 Å². The topological polar surface area (TPSA) is 25.4 Å². The maximum absolute atomic E-state index is 5.30. The molecule has 0 aromatic carbocycles. The average molecular weight is 230 g/mol. The maximum Gasteiger partial charge on any atom is 0.185 e. The molecule has 0 spiro atoms. The number of thiol groups is 1. The first-order valence-electron chi connectivity index (χ1n) is 4.71. The van der Waals surface area contributed by atoms with Gasteiger partial charge in [0.2, 0.25) is 0 Å². The van der Waals surface area contributed by atoms with Gasteiger partial charge in [-0.25, -0.2) is 4.98 Å². The molecule has 3 nitrogen and oxygen atoms in total. The molecule has 78 valence electrons. The molecule has 1 fully saturated rings. The molecule has 0 radical (unpaired) electrons. The van der Waals surface area contributed by atoms with Crippen molar-refractivity contribution in [2.45, 2.75) is 12.7 Å². The number of rotatable bonds is 2. The van der Waals surface area contributed by atoms with Crippen LogP contribution >= 0.6 is 24.0 Å². The van der Waals surface area contributed by atoms with Crippen LogP contribution in [0.2, 0.25) is 0 Å². The average Bonchev–Trinajstić information content (AvgIpc) is 2.61. The zero-order valence-electron chi connectivity index (χ0n) is 8.19. The summed E-state index contributed by atoms with van der Waals surface area (Å²) in [5.41, 5.74) is 1.12. The molecule has 0 N–H and O–H groups in total. The standard InChI is InChI=1S/C9H14N2OS2/c1-7-8(6-13)14-9(10-7)11-2-4-12-5-3-11/h13H,2-6H2,1H3. The Labute approximate surface area is 93.5 Å². The molecule has 0 aliphatic carbocycles. The van der Waals surface area contributed by atoms with Gasteiger partial charge in [0.15, 0.2) is 5.13 Å². The maximum atomic E-state index is 5.30. The van der Waals surface area contributed by atoms with Gasteiger partial charge >= 0.3 is 0 Å². The summed E-state index contributed by atoms with van der Waals surface area (Å²) >= 11 is 6.03. The lowest BCUT2D eigenvalue weighted by atomic mass is 10.4. The summed E-state index contributed by atoms with van der Waals surface area (Å²) in [6.45, 7) is 5.59. The fourth-order valence-electron chi connectivity index (χ4n) is 1.45. The van der Waals surface area contributed by atoms with Crippen LogP contribution in [0.25, 0.3) is 0 Å².